The molecule has 1 N–H and O–H groups in total. The molecule has 1 heterocycles. The van der Waals surface area contributed by atoms with Crippen molar-refractivity contribution in [2.24, 2.45) is 0 Å². The molecule has 9 heteroatoms. The molecule has 0 aliphatic carbocycles. The third-order valence-electron chi connectivity index (χ3n) is 5.83. The van der Waals surface area contributed by atoms with Crippen molar-refractivity contribution >= 4 is 33.2 Å². The van der Waals surface area contributed by atoms with E-state index in [1.54, 1.807) is 12.1 Å². The van der Waals surface area contributed by atoms with Crippen LogP contribution in [0, 0.1) is 11.3 Å². The average molecular weight is 530 g/mol. The zero-order valence-corrected chi connectivity index (χ0v) is 21.3. The molecule has 1 aliphatic heterocycles. The summed E-state index contributed by atoms with van der Waals surface area (Å²) in [6.45, 7) is 2.87. The highest BCUT2D eigenvalue weighted by molar-refractivity contribution is 7.89. The lowest BCUT2D eigenvalue weighted by Gasteiger charge is -2.17. The highest BCUT2D eigenvalue weighted by Crippen LogP contribution is 2.24. The number of nitrogens with one attached hydrogen (secondary N) is 1. The average Bonchev–Trinajstić information content (AvgIpc) is 3.28. The molecule has 0 spiro atoms. The minimum atomic E-state index is -3.69. The summed E-state index contributed by atoms with van der Waals surface area (Å²) in [5, 5.41) is 9.49. The highest BCUT2D eigenvalue weighted by atomic mass is 35.5. The van der Waals surface area contributed by atoms with Gasteiger partial charge >= 0.3 is 0 Å². The first-order chi connectivity index (χ1) is 16.8. The predicted octanol–water partition coefficient (Wildman–Crippen LogP) is 5.35. The van der Waals surface area contributed by atoms with E-state index < -0.39 is 10.0 Å². The van der Waals surface area contributed by atoms with Gasteiger partial charge in [0.2, 0.25) is 10.0 Å². The number of nitrogens with zero attached hydrogens (tertiary/aromatic N) is 2. The van der Waals surface area contributed by atoms with Gasteiger partial charge in [0.1, 0.15) is 5.75 Å². The van der Waals surface area contributed by atoms with E-state index in [2.05, 4.69) is 15.7 Å². The Hall–Kier alpha value is -2.60. The summed E-state index contributed by atoms with van der Waals surface area (Å²) in [5.41, 5.74) is 2.75. The number of likely N-dealkylation sites (tertiary alicyclic amines) is 1. The molecule has 0 amide bonds. The Kier molecular flexibility index (Phi) is 8.32. The number of hydrogen-bond donors (Lipinski definition) is 1. The lowest BCUT2D eigenvalue weighted by molar-refractivity contribution is 0.261. The van der Waals surface area contributed by atoms with Gasteiger partial charge in [-0.15, -0.1) is 0 Å². The Bertz CT molecular complexity index is 1290. The van der Waals surface area contributed by atoms with Crippen molar-refractivity contribution in [1.29, 1.82) is 5.26 Å². The molecule has 1 saturated heterocycles. The first-order valence-corrected chi connectivity index (χ1v) is 13.5. The zero-order chi connectivity index (χ0) is 24.8. The van der Waals surface area contributed by atoms with E-state index in [0.717, 1.165) is 42.8 Å². The summed E-state index contributed by atoms with van der Waals surface area (Å²) in [7, 11) is -3.69. The van der Waals surface area contributed by atoms with Gasteiger partial charge in [0.15, 0.2) is 0 Å². The number of nitriles is 1. The van der Waals surface area contributed by atoms with Crippen molar-refractivity contribution in [3.8, 4) is 22.9 Å². The summed E-state index contributed by atoms with van der Waals surface area (Å²) >= 11 is 11.9. The van der Waals surface area contributed by atoms with Crippen molar-refractivity contribution in [2.45, 2.75) is 23.8 Å². The number of sulfonamides is 1. The third-order valence-corrected chi connectivity index (χ3v) is 7.77. The van der Waals surface area contributed by atoms with Crippen molar-refractivity contribution < 1.29 is 13.2 Å². The molecular weight excluding hydrogens is 505 g/mol. The van der Waals surface area contributed by atoms with Crippen LogP contribution in [0.3, 0.4) is 0 Å². The van der Waals surface area contributed by atoms with Crippen LogP contribution < -0.4 is 9.46 Å². The summed E-state index contributed by atoms with van der Waals surface area (Å²) in [6, 6.07) is 21.6. The largest absolute Gasteiger partial charge is 0.494 e. The van der Waals surface area contributed by atoms with E-state index in [0.29, 0.717) is 18.7 Å². The molecule has 182 valence electrons. The Morgan fingerprint density at radius 1 is 1.00 bits per heavy atom. The molecule has 0 radical (unpaired) electrons. The molecule has 35 heavy (non-hydrogen) atoms. The van der Waals surface area contributed by atoms with E-state index in [9.17, 15) is 8.42 Å². The van der Waals surface area contributed by atoms with E-state index >= 15 is 0 Å². The summed E-state index contributed by atoms with van der Waals surface area (Å²) in [5.74, 6) is 0.801. The fraction of sp³-hybridized carbons (Fsp3) is 0.269. The van der Waals surface area contributed by atoms with Crippen LogP contribution in [0.1, 0.15) is 18.4 Å². The Balaban J connectivity index is 1.20. The van der Waals surface area contributed by atoms with Gasteiger partial charge < -0.3 is 9.64 Å². The third kappa shape index (κ3) is 6.97. The fourth-order valence-electron chi connectivity index (χ4n) is 4.06. The van der Waals surface area contributed by atoms with E-state index in [1.165, 1.54) is 18.2 Å². The van der Waals surface area contributed by atoms with Gasteiger partial charge in [0, 0.05) is 29.2 Å². The van der Waals surface area contributed by atoms with Crippen LogP contribution in [0.25, 0.3) is 11.1 Å². The SMILES string of the molecule is N#Cc1ccc(-c2ccc(OCCCN3CC[C@@H](NS(=O)(=O)c4cc(Cl)cc(Cl)c4)C3)cc2)cc1. The lowest BCUT2D eigenvalue weighted by Crippen LogP contribution is -2.37. The van der Waals surface area contributed by atoms with Crippen molar-refractivity contribution in [1.82, 2.24) is 9.62 Å². The smallest absolute Gasteiger partial charge is 0.240 e. The van der Waals surface area contributed by atoms with Crippen molar-refractivity contribution in [3.63, 3.8) is 0 Å². The molecular formula is C26H25Cl2N3O3S. The molecule has 1 fully saturated rings. The minimum absolute atomic E-state index is 0.0760. The molecule has 0 aromatic heterocycles. The van der Waals surface area contributed by atoms with Crippen molar-refractivity contribution in [3.05, 3.63) is 82.3 Å². The summed E-state index contributed by atoms with van der Waals surface area (Å²) in [6.07, 6.45) is 1.58. The topological polar surface area (TPSA) is 82.4 Å². The van der Waals surface area contributed by atoms with Crippen LogP contribution in [-0.2, 0) is 10.0 Å². The van der Waals surface area contributed by atoms with Gasteiger partial charge in [0.25, 0.3) is 0 Å². The molecule has 0 bridgehead atoms. The van der Waals surface area contributed by atoms with Gasteiger partial charge in [0.05, 0.1) is 23.1 Å². The minimum Gasteiger partial charge on any atom is -0.494 e. The second-order valence-corrected chi connectivity index (χ2v) is 11.0. The predicted molar refractivity (Wildman–Crippen MR) is 138 cm³/mol. The second-order valence-electron chi connectivity index (χ2n) is 8.43. The van der Waals surface area contributed by atoms with Gasteiger partial charge in [-0.1, -0.05) is 47.5 Å². The van der Waals surface area contributed by atoms with Gasteiger partial charge in [-0.3, -0.25) is 0 Å². The van der Waals surface area contributed by atoms with E-state index in [1.807, 2.05) is 36.4 Å². The number of ether oxygens (including phenoxy) is 1. The maximum Gasteiger partial charge on any atom is 0.240 e. The number of hydrogen-bond acceptors (Lipinski definition) is 5. The Labute approximate surface area is 216 Å². The first-order valence-electron chi connectivity index (χ1n) is 11.3. The van der Waals surface area contributed by atoms with Crippen LogP contribution in [0.2, 0.25) is 10.0 Å². The van der Waals surface area contributed by atoms with Crippen LogP contribution >= 0.6 is 23.2 Å². The van der Waals surface area contributed by atoms with Crippen LogP contribution in [0.15, 0.2) is 71.6 Å². The lowest BCUT2D eigenvalue weighted by atomic mass is 10.0. The van der Waals surface area contributed by atoms with Gasteiger partial charge in [-0.2, -0.15) is 5.26 Å². The number of halogens is 2. The molecule has 1 atom stereocenters. The molecule has 0 unspecified atom stereocenters. The summed E-state index contributed by atoms with van der Waals surface area (Å²) in [4.78, 5) is 2.31. The molecule has 6 nitrogen and oxygen atoms in total. The zero-order valence-electron chi connectivity index (χ0n) is 19.0. The van der Waals surface area contributed by atoms with Crippen LogP contribution in [0.5, 0.6) is 5.75 Å². The maximum atomic E-state index is 12.7. The van der Waals surface area contributed by atoms with Crippen molar-refractivity contribution in [2.75, 3.05) is 26.2 Å². The highest BCUT2D eigenvalue weighted by Gasteiger charge is 2.27. The Morgan fingerprint density at radius 2 is 1.63 bits per heavy atom. The van der Waals surface area contributed by atoms with E-state index in [-0.39, 0.29) is 21.0 Å². The number of benzene rings is 3. The molecule has 0 saturated carbocycles. The molecule has 3 aromatic rings. The Morgan fingerprint density at radius 3 is 2.26 bits per heavy atom. The molecule has 4 rings (SSSR count). The van der Waals surface area contributed by atoms with Gasteiger partial charge in [-0.25, -0.2) is 13.1 Å². The second kappa shape index (κ2) is 11.4. The maximum absolute atomic E-state index is 12.7. The normalized spacial score (nSPS) is 16.2. The quantitative estimate of drug-likeness (QED) is 0.377. The summed E-state index contributed by atoms with van der Waals surface area (Å²) < 4.78 is 34.0. The van der Waals surface area contributed by atoms with Crippen LogP contribution in [-0.4, -0.2) is 45.6 Å². The van der Waals surface area contributed by atoms with Gasteiger partial charge in [-0.05, 0) is 73.0 Å². The molecule has 1 aliphatic rings. The number of rotatable bonds is 9. The first kappa shape index (κ1) is 25.5. The van der Waals surface area contributed by atoms with Crippen LogP contribution in [0.4, 0.5) is 0 Å². The molecule has 3 aromatic carbocycles. The standard InChI is InChI=1S/C26H25Cl2N3O3S/c27-22-14-23(28)16-26(15-22)35(32,33)30-24-10-12-31(18-24)11-1-13-34-25-8-6-21(7-9-25)20-4-2-19(17-29)3-5-20/h2-9,14-16,24,30H,1,10-13,18H2/t24-/m1/s1. The fourth-order valence-corrected chi connectivity index (χ4v) is 6.05. The van der Waals surface area contributed by atoms with E-state index in [4.69, 9.17) is 33.2 Å². The monoisotopic (exact) mass is 529 g/mol.